The number of para-hydroxylation sites is 1. The van der Waals surface area contributed by atoms with Crippen molar-refractivity contribution in [3.8, 4) is 56.4 Å². The van der Waals surface area contributed by atoms with E-state index >= 15 is 0 Å². The molecule has 280 valence electrons. The lowest BCUT2D eigenvalue weighted by Crippen LogP contribution is -2.28. The van der Waals surface area contributed by atoms with Crippen molar-refractivity contribution in [1.29, 1.82) is 0 Å². The minimum absolute atomic E-state index is 0.553. The van der Waals surface area contributed by atoms with Gasteiger partial charge in [0.1, 0.15) is 11.2 Å². The Morgan fingerprint density at radius 1 is 0.317 bits per heavy atom. The van der Waals surface area contributed by atoms with Crippen LogP contribution in [-0.4, -0.2) is 15.0 Å². The zero-order chi connectivity index (χ0) is 39.6. The quantitative estimate of drug-likeness (QED) is 0.169. The molecule has 12 rings (SSSR count). The molecule has 0 radical (unpaired) electrons. The normalized spacial score (nSPS) is 12.8. The first-order valence-electron chi connectivity index (χ1n) is 20.3. The van der Waals surface area contributed by atoms with Crippen molar-refractivity contribution >= 4 is 32.7 Å². The summed E-state index contributed by atoms with van der Waals surface area (Å²) in [4.78, 5) is 15.8. The molecule has 9 aromatic carbocycles. The molecule has 4 heteroatoms. The molecule has 0 unspecified atom stereocenters. The first kappa shape index (κ1) is 34.1. The van der Waals surface area contributed by atoms with Crippen LogP contribution >= 0.6 is 0 Å². The Balaban J connectivity index is 1.07. The smallest absolute Gasteiger partial charge is 0.164 e. The van der Waals surface area contributed by atoms with Crippen LogP contribution in [0.5, 0.6) is 0 Å². The molecule has 4 nitrogen and oxygen atoms in total. The van der Waals surface area contributed by atoms with Gasteiger partial charge in [-0.3, -0.25) is 0 Å². The lowest BCUT2D eigenvalue weighted by Gasteiger charge is -2.34. The second-order valence-corrected chi connectivity index (χ2v) is 15.5. The number of nitrogens with zero attached hydrogens (tertiary/aromatic N) is 3. The minimum atomic E-state index is -0.553. The summed E-state index contributed by atoms with van der Waals surface area (Å²) in [5.41, 5.74) is 13.4. The SMILES string of the molecule is c1ccc(C2(c3cccc(-c4nc(-c5cccc(-c6cccc7ccccc67)c5)nc(-c5ccc6c(c5)oc5ccccc56)n4)c3)c3ccccc3-c3ccccc32)cc1. The van der Waals surface area contributed by atoms with E-state index in [1.807, 2.05) is 18.2 Å². The largest absolute Gasteiger partial charge is 0.456 e. The molecule has 0 aliphatic heterocycles. The maximum absolute atomic E-state index is 6.36. The molecule has 2 heterocycles. The van der Waals surface area contributed by atoms with Crippen LogP contribution < -0.4 is 0 Å². The third-order valence-corrected chi connectivity index (χ3v) is 12.2. The van der Waals surface area contributed by atoms with E-state index in [-0.39, 0.29) is 0 Å². The highest BCUT2D eigenvalue weighted by molar-refractivity contribution is 6.05. The van der Waals surface area contributed by atoms with Gasteiger partial charge in [0.25, 0.3) is 0 Å². The monoisotopic (exact) mass is 765 g/mol. The highest BCUT2D eigenvalue weighted by atomic mass is 16.3. The van der Waals surface area contributed by atoms with Crippen LogP contribution in [0.3, 0.4) is 0 Å². The molecule has 2 aromatic heterocycles. The fourth-order valence-corrected chi connectivity index (χ4v) is 9.53. The average molecular weight is 766 g/mol. The van der Waals surface area contributed by atoms with Gasteiger partial charge in [0.2, 0.25) is 0 Å². The first-order valence-corrected chi connectivity index (χ1v) is 20.3. The van der Waals surface area contributed by atoms with Crippen LogP contribution in [-0.2, 0) is 5.41 Å². The molecule has 0 bridgehead atoms. The number of rotatable bonds is 6. The molecular weight excluding hydrogens is 731 g/mol. The number of furan rings is 1. The van der Waals surface area contributed by atoms with E-state index in [0.29, 0.717) is 17.5 Å². The van der Waals surface area contributed by atoms with E-state index in [9.17, 15) is 0 Å². The zero-order valence-corrected chi connectivity index (χ0v) is 32.5. The van der Waals surface area contributed by atoms with Gasteiger partial charge < -0.3 is 4.42 Å². The predicted octanol–water partition coefficient (Wildman–Crippen LogP) is 14.0. The predicted molar refractivity (Wildman–Crippen MR) is 244 cm³/mol. The summed E-state index contributed by atoms with van der Waals surface area (Å²) in [7, 11) is 0. The molecule has 0 amide bonds. The van der Waals surface area contributed by atoms with Gasteiger partial charge in [0.05, 0.1) is 5.41 Å². The highest BCUT2D eigenvalue weighted by Gasteiger charge is 2.46. The third kappa shape index (κ3) is 5.28. The van der Waals surface area contributed by atoms with Gasteiger partial charge in [-0.05, 0) is 85.6 Å². The summed E-state index contributed by atoms with van der Waals surface area (Å²) in [6.07, 6.45) is 0. The number of hydrogen-bond acceptors (Lipinski definition) is 4. The Labute approximate surface area is 347 Å². The molecule has 1 aliphatic carbocycles. The zero-order valence-electron chi connectivity index (χ0n) is 32.5. The Kier molecular flexibility index (Phi) is 7.72. The Bertz CT molecular complexity index is 3410. The number of fused-ring (bicyclic) bond motifs is 7. The van der Waals surface area contributed by atoms with E-state index in [4.69, 9.17) is 19.4 Å². The first-order chi connectivity index (χ1) is 29.7. The fraction of sp³-hybridized carbons (Fsp3) is 0.0179. The lowest BCUT2D eigenvalue weighted by molar-refractivity contribution is 0.669. The van der Waals surface area contributed by atoms with E-state index in [1.54, 1.807) is 0 Å². The van der Waals surface area contributed by atoms with E-state index < -0.39 is 5.41 Å². The van der Waals surface area contributed by atoms with Crippen molar-refractivity contribution in [2.45, 2.75) is 5.41 Å². The van der Waals surface area contributed by atoms with Gasteiger partial charge in [-0.25, -0.2) is 15.0 Å². The summed E-state index contributed by atoms with van der Waals surface area (Å²) in [5, 5.41) is 4.54. The Hall–Kier alpha value is -7.95. The van der Waals surface area contributed by atoms with Gasteiger partial charge in [-0.2, -0.15) is 0 Å². The summed E-state index contributed by atoms with van der Waals surface area (Å²) >= 11 is 0. The summed E-state index contributed by atoms with van der Waals surface area (Å²) < 4.78 is 6.36. The summed E-state index contributed by atoms with van der Waals surface area (Å²) in [6.45, 7) is 0. The molecular formula is C56H35N3O. The molecule has 11 aromatic rings. The van der Waals surface area contributed by atoms with Gasteiger partial charge in [-0.15, -0.1) is 0 Å². The molecule has 0 saturated carbocycles. The van der Waals surface area contributed by atoms with Crippen molar-refractivity contribution in [2.24, 2.45) is 0 Å². The van der Waals surface area contributed by atoms with Crippen molar-refractivity contribution in [3.05, 3.63) is 235 Å². The molecule has 0 atom stereocenters. The van der Waals surface area contributed by atoms with Gasteiger partial charge >= 0.3 is 0 Å². The topological polar surface area (TPSA) is 51.8 Å². The average Bonchev–Trinajstić information content (AvgIpc) is 3.85. The Morgan fingerprint density at radius 2 is 0.833 bits per heavy atom. The van der Waals surface area contributed by atoms with Crippen molar-refractivity contribution in [3.63, 3.8) is 0 Å². The molecule has 0 saturated heterocycles. The van der Waals surface area contributed by atoms with Crippen LogP contribution in [0.2, 0.25) is 0 Å². The fourth-order valence-electron chi connectivity index (χ4n) is 9.53. The second-order valence-electron chi connectivity index (χ2n) is 15.5. The van der Waals surface area contributed by atoms with Crippen molar-refractivity contribution in [2.75, 3.05) is 0 Å². The van der Waals surface area contributed by atoms with E-state index in [2.05, 4.69) is 194 Å². The third-order valence-electron chi connectivity index (χ3n) is 12.2. The molecule has 1 aliphatic rings. The summed E-state index contributed by atoms with van der Waals surface area (Å²) in [5.74, 6) is 1.77. The molecule has 0 spiro atoms. The van der Waals surface area contributed by atoms with E-state index in [0.717, 1.165) is 55.3 Å². The lowest BCUT2D eigenvalue weighted by atomic mass is 9.67. The Morgan fingerprint density at radius 3 is 1.60 bits per heavy atom. The van der Waals surface area contributed by atoms with Crippen molar-refractivity contribution < 1.29 is 4.42 Å². The summed E-state index contributed by atoms with van der Waals surface area (Å²) in [6, 6.07) is 75.2. The van der Waals surface area contributed by atoms with E-state index in [1.165, 1.54) is 38.6 Å². The maximum atomic E-state index is 6.36. The molecule has 0 fully saturated rings. The number of hydrogen-bond donors (Lipinski definition) is 0. The van der Waals surface area contributed by atoms with Crippen LogP contribution in [0.25, 0.3) is 89.1 Å². The second kappa shape index (κ2) is 13.6. The molecule has 0 N–H and O–H groups in total. The van der Waals surface area contributed by atoms with Gasteiger partial charge in [-0.1, -0.05) is 182 Å². The van der Waals surface area contributed by atoms with Crippen LogP contribution in [0.15, 0.2) is 217 Å². The number of aromatic nitrogens is 3. The minimum Gasteiger partial charge on any atom is -0.456 e. The standard InChI is InChI=1S/C56H35N3O/c1-2-20-41(21-3-1)56(49-28-9-6-24-45(49)46-25-7-10-29-50(46)56)42-22-13-19-39(34-42)54-57-53(38-18-12-17-37(33-38)44-27-14-16-36-15-4-5-23-43(36)44)58-55(59-54)40-31-32-48-47-26-8-11-30-51(47)60-52(48)35-40/h1-35H. The number of benzene rings is 9. The van der Waals surface area contributed by atoms with Crippen LogP contribution in [0.1, 0.15) is 22.3 Å². The highest BCUT2D eigenvalue weighted by Crippen LogP contribution is 2.56. The maximum Gasteiger partial charge on any atom is 0.164 e. The van der Waals surface area contributed by atoms with Crippen LogP contribution in [0, 0.1) is 0 Å². The molecule has 60 heavy (non-hydrogen) atoms. The van der Waals surface area contributed by atoms with Gasteiger partial charge in [0, 0.05) is 27.5 Å². The van der Waals surface area contributed by atoms with Gasteiger partial charge in [0.15, 0.2) is 17.5 Å². The van der Waals surface area contributed by atoms with Crippen LogP contribution in [0.4, 0.5) is 0 Å². The van der Waals surface area contributed by atoms with Crippen molar-refractivity contribution in [1.82, 2.24) is 15.0 Å².